The molecule has 2 nitrogen and oxygen atoms in total. The predicted octanol–water partition coefficient (Wildman–Crippen LogP) is 6.13. The van der Waals surface area contributed by atoms with Crippen molar-refractivity contribution in [2.75, 3.05) is 0 Å². The summed E-state index contributed by atoms with van der Waals surface area (Å²) < 4.78 is 5.94. The zero-order valence-corrected chi connectivity index (χ0v) is 14.3. The van der Waals surface area contributed by atoms with Gasteiger partial charge in [-0.1, -0.05) is 78.3 Å². The second-order valence-corrected chi connectivity index (χ2v) is 6.22. The Labute approximate surface area is 151 Å². The molecule has 1 aromatic heterocycles. The number of pyridine rings is 1. The van der Waals surface area contributed by atoms with Gasteiger partial charge in [0.2, 0.25) is 5.88 Å². The van der Waals surface area contributed by atoms with Crippen LogP contribution in [0.15, 0.2) is 85.1 Å². The average Bonchev–Trinajstić information content (AvgIpc) is 2.69. The van der Waals surface area contributed by atoms with Gasteiger partial charge in [0.05, 0.1) is 11.2 Å². The molecule has 0 amide bonds. The highest BCUT2D eigenvalue weighted by atomic mass is 35.5. The van der Waals surface area contributed by atoms with Gasteiger partial charge in [0.1, 0.15) is 6.61 Å². The highest BCUT2D eigenvalue weighted by Crippen LogP contribution is 2.33. The third kappa shape index (κ3) is 3.35. The van der Waals surface area contributed by atoms with Crippen molar-refractivity contribution in [1.82, 2.24) is 4.98 Å². The van der Waals surface area contributed by atoms with Gasteiger partial charge in [-0.25, -0.2) is 4.98 Å². The van der Waals surface area contributed by atoms with Crippen LogP contribution in [0.4, 0.5) is 0 Å². The summed E-state index contributed by atoms with van der Waals surface area (Å²) in [5.74, 6) is 0.600. The molecule has 4 aromatic rings. The molecule has 0 bridgehead atoms. The van der Waals surface area contributed by atoms with Gasteiger partial charge in [-0.2, -0.15) is 0 Å². The Bertz CT molecular complexity index is 1000. The SMILES string of the molecule is Clc1cnc(OCc2ccccc2)c2ccc(-c3ccccc3)cc12. The summed E-state index contributed by atoms with van der Waals surface area (Å²) in [6, 6.07) is 26.5. The van der Waals surface area contributed by atoms with E-state index in [9.17, 15) is 0 Å². The van der Waals surface area contributed by atoms with Gasteiger partial charge in [-0.05, 0) is 28.8 Å². The Morgan fingerprint density at radius 3 is 2.24 bits per heavy atom. The molecule has 0 aliphatic carbocycles. The third-order valence-electron chi connectivity index (χ3n) is 4.13. The van der Waals surface area contributed by atoms with Crippen molar-refractivity contribution in [2.45, 2.75) is 6.61 Å². The van der Waals surface area contributed by atoms with Gasteiger partial charge in [-0.15, -0.1) is 0 Å². The first kappa shape index (κ1) is 15.7. The first-order valence-electron chi connectivity index (χ1n) is 8.12. The molecule has 0 saturated carbocycles. The first-order valence-corrected chi connectivity index (χ1v) is 8.49. The summed E-state index contributed by atoms with van der Waals surface area (Å²) in [5, 5.41) is 2.49. The standard InChI is InChI=1S/C22H16ClNO/c23-21-14-24-22(25-15-16-7-3-1-4-8-16)19-12-11-18(13-20(19)21)17-9-5-2-6-10-17/h1-14H,15H2. The van der Waals surface area contributed by atoms with Gasteiger partial charge >= 0.3 is 0 Å². The number of fused-ring (bicyclic) bond motifs is 1. The second-order valence-electron chi connectivity index (χ2n) is 5.81. The molecule has 0 saturated heterocycles. The zero-order valence-electron chi connectivity index (χ0n) is 13.5. The van der Waals surface area contributed by atoms with Crippen molar-refractivity contribution in [1.29, 1.82) is 0 Å². The van der Waals surface area contributed by atoms with E-state index in [0.29, 0.717) is 17.5 Å². The number of hydrogen-bond acceptors (Lipinski definition) is 2. The van der Waals surface area contributed by atoms with Crippen LogP contribution in [0.3, 0.4) is 0 Å². The van der Waals surface area contributed by atoms with Crippen LogP contribution < -0.4 is 4.74 Å². The number of nitrogens with zero attached hydrogens (tertiary/aromatic N) is 1. The van der Waals surface area contributed by atoms with E-state index in [2.05, 4.69) is 29.2 Å². The number of halogens is 1. The molecule has 122 valence electrons. The van der Waals surface area contributed by atoms with Crippen LogP contribution in [0.1, 0.15) is 5.56 Å². The molecule has 0 fully saturated rings. The lowest BCUT2D eigenvalue weighted by Gasteiger charge is -2.11. The fourth-order valence-electron chi connectivity index (χ4n) is 2.83. The Hall–Kier alpha value is -2.84. The number of rotatable bonds is 4. The van der Waals surface area contributed by atoms with Crippen LogP contribution in [0, 0.1) is 0 Å². The molecule has 0 spiro atoms. The Morgan fingerprint density at radius 2 is 1.48 bits per heavy atom. The summed E-state index contributed by atoms with van der Waals surface area (Å²) in [6.45, 7) is 0.477. The normalized spacial score (nSPS) is 10.8. The molecule has 3 aromatic carbocycles. The van der Waals surface area contributed by atoms with Crippen molar-refractivity contribution in [2.24, 2.45) is 0 Å². The van der Waals surface area contributed by atoms with Crippen molar-refractivity contribution < 1.29 is 4.74 Å². The molecule has 3 heteroatoms. The summed E-state index contributed by atoms with van der Waals surface area (Å²) in [4.78, 5) is 4.37. The van der Waals surface area contributed by atoms with Gasteiger partial charge < -0.3 is 4.74 Å². The van der Waals surface area contributed by atoms with E-state index in [-0.39, 0.29) is 0 Å². The van der Waals surface area contributed by atoms with E-state index >= 15 is 0 Å². The molecule has 0 radical (unpaired) electrons. The van der Waals surface area contributed by atoms with Crippen molar-refractivity contribution in [3.05, 3.63) is 95.6 Å². The predicted molar refractivity (Wildman–Crippen MR) is 103 cm³/mol. The molecule has 4 rings (SSSR count). The highest BCUT2D eigenvalue weighted by molar-refractivity contribution is 6.35. The third-order valence-corrected chi connectivity index (χ3v) is 4.43. The van der Waals surface area contributed by atoms with Crippen LogP contribution in [0.5, 0.6) is 5.88 Å². The van der Waals surface area contributed by atoms with Crippen molar-refractivity contribution in [3.63, 3.8) is 0 Å². The monoisotopic (exact) mass is 345 g/mol. The van der Waals surface area contributed by atoms with E-state index in [1.807, 2.05) is 54.6 Å². The van der Waals surface area contributed by atoms with Gasteiger partial charge in [0.25, 0.3) is 0 Å². The smallest absolute Gasteiger partial charge is 0.221 e. The number of ether oxygens (including phenoxy) is 1. The minimum absolute atomic E-state index is 0.477. The zero-order chi connectivity index (χ0) is 17.1. The lowest BCUT2D eigenvalue weighted by atomic mass is 10.0. The largest absolute Gasteiger partial charge is 0.472 e. The lowest BCUT2D eigenvalue weighted by Crippen LogP contribution is -1.98. The Kier molecular flexibility index (Phi) is 4.36. The molecule has 0 N–H and O–H groups in total. The van der Waals surface area contributed by atoms with E-state index < -0.39 is 0 Å². The number of benzene rings is 3. The summed E-state index contributed by atoms with van der Waals surface area (Å²) in [5.41, 5.74) is 3.38. The highest BCUT2D eigenvalue weighted by Gasteiger charge is 2.09. The van der Waals surface area contributed by atoms with Crippen LogP contribution in [0.25, 0.3) is 21.9 Å². The van der Waals surface area contributed by atoms with Crippen LogP contribution in [-0.2, 0) is 6.61 Å². The molecule has 1 heterocycles. The summed E-state index contributed by atoms with van der Waals surface area (Å²) in [6.07, 6.45) is 1.65. The second kappa shape index (κ2) is 6.96. The lowest BCUT2D eigenvalue weighted by molar-refractivity contribution is 0.298. The maximum absolute atomic E-state index is 6.39. The maximum atomic E-state index is 6.39. The van der Waals surface area contributed by atoms with E-state index in [0.717, 1.165) is 27.5 Å². The molecule has 0 atom stereocenters. The van der Waals surface area contributed by atoms with Crippen LogP contribution in [0.2, 0.25) is 5.02 Å². The molecule has 0 aliphatic heterocycles. The first-order chi connectivity index (χ1) is 12.3. The van der Waals surface area contributed by atoms with Crippen molar-refractivity contribution >= 4 is 22.4 Å². The van der Waals surface area contributed by atoms with Gasteiger partial charge in [0, 0.05) is 10.8 Å². The molecule has 0 unspecified atom stereocenters. The minimum atomic E-state index is 0.477. The minimum Gasteiger partial charge on any atom is -0.472 e. The molecular formula is C22H16ClNO. The molecule has 25 heavy (non-hydrogen) atoms. The van der Waals surface area contributed by atoms with Crippen molar-refractivity contribution in [3.8, 4) is 17.0 Å². The van der Waals surface area contributed by atoms with E-state index in [1.165, 1.54) is 0 Å². The fraction of sp³-hybridized carbons (Fsp3) is 0.0455. The van der Waals surface area contributed by atoms with E-state index in [4.69, 9.17) is 16.3 Å². The Balaban J connectivity index is 1.70. The fourth-order valence-corrected chi connectivity index (χ4v) is 3.04. The topological polar surface area (TPSA) is 22.1 Å². The van der Waals surface area contributed by atoms with Gasteiger partial charge in [0.15, 0.2) is 0 Å². The van der Waals surface area contributed by atoms with Crippen LogP contribution >= 0.6 is 11.6 Å². The summed E-state index contributed by atoms with van der Waals surface area (Å²) >= 11 is 6.39. The molecular weight excluding hydrogens is 330 g/mol. The van der Waals surface area contributed by atoms with Gasteiger partial charge in [-0.3, -0.25) is 0 Å². The Morgan fingerprint density at radius 1 is 0.760 bits per heavy atom. The van der Waals surface area contributed by atoms with Crippen LogP contribution in [-0.4, -0.2) is 4.98 Å². The average molecular weight is 346 g/mol. The maximum Gasteiger partial charge on any atom is 0.221 e. The van der Waals surface area contributed by atoms with E-state index in [1.54, 1.807) is 6.20 Å². The number of aromatic nitrogens is 1. The summed E-state index contributed by atoms with van der Waals surface area (Å²) in [7, 11) is 0. The quantitative estimate of drug-likeness (QED) is 0.443. The molecule has 0 aliphatic rings. The number of hydrogen-bond donors (Lipinski definition) is 0.